The number of rotatable bonds is 4. The number of hydrogen-bond donors (Lipinski definition) is 1. The van der Waals surface area contributed by atoms with Crippen molar-refractivity contribution in [3.05, 3.63) is 33.7 Å². The van der Waals surface area contributed by atoms with Crippen molar-refractivity contribution in [2.75, 3.05) is 5.88 Å². The van der Waals surface area contributed by atoms with Gasteiger partial charge in [-0.1, -0.05) is 11.3 Å². The molecule has 0 saturated heterocycles. The molecule has 2 aromatic heterocycles. The average molecular weight is 256 g/mol. The molecular weight excluding hydrogens is 246 g/mol. The maximum Gasteiger partial charge on any atom is 0.248 e. The summed E-state index contributed by atoms with van der Waals surface area (Å²) in [4.78, 5) is 13.7. The molecule has 2 aromatic rings. The van der Waals surface area contributed by atoms with Crippen LogP contribution in [-0.4, -0.2) is 21.1 Å². The van der Waals surface area contributed by atoms with Gasteiger partial charge in [0.1, 0.15) is 10.0 Å². The highest BCUT2D eigenvalue weighted by molar-refractivity contribution is 7.14. The van der Waals surface area contributed by atoms with Gasteiger partial charge in [-0.05, 0) is 12.5 Å². The summed E-state index contributed by atoms with van der Waals surface area (Å²) in [7, 11) is 0. The van der Waals surface area contributed by atoms with E-state index < -0.39 is 0 Å². The average Bonchev–Trinajstić information content (AvgIpc) is 2.75. The van der Waals surface area contributed by atoms with Gasteiger partial charge in [0.25, 0.3) is 0 Å². The first kappa shape index (κ1) is 11.3. The van der Waals surface area contributed by atoms with Crippen LogP contribution in [0.3, 0.4) is 0 Å². The van der Waals surface area contributed by atoms with Crippen LogP contribution in [-0.2, 0) is 6.42 Å². The van der Waals surface area contributed by atoms with Gasteiger partial charge in [-0.15, -0.1) is 21.8 Å². The van der Waals surface area contributed by atoms with E-state index in [1.807, 2.05) is 6.07 Å². The van der Waals surface area contributed by atoms with Crippen molar-refractivity contribution in [3.8, 4) is 10.6 Å². The summed E-state index contributed by atoms with van der Waals surface area (Å²) < 4.78 is 0. The zero-order valence-electron chi connectivity index (χ0n) is 8.44. The maximum absolute atomic E-state index is 11.1. The lowest BCUT2D eigenvalue weighted by atomic mass is 10.3. The Morgan fingerprint density at radius 2 is 2.31 bits per heavy atom. The van der Waals surface area contributed by atoms with Crippen LogP contribution in [0.15, 0.2) is 23.1 Å². The van der Waals surface area contributed by atoms with Crippen molar-refractivity contribution in [2.24, 2.45) is 0 Å². The summed E-state index contributed by atoms with van der Waals surface area (Å²) in [5.74, 6) is 0.625. The molecule has 0 aliphatic carbocycles. The number of aryl methyl sites for hydroxylation is 1. The van der Waals surface area contributed by atoms with E-state index in [-0.39, 0.29) is 5.56 Å². The summed E-state index contributed by atoms with van der Waals surface area (Å²) in [5, 5.41) is 9.84. The standard InChI is InChI=1S/C10H10ClN3OS/c11-4-1-2-9-13-14-10(16-9)7-3-5-12-8(15)6-7/h3,5-6H,1-2,4H2,(H,12,15). The third kappa shape index (κ3) is 2.68. The molecule has 0 fully saturated rings. The van der Waals surface area contributed by atoms with Crippen LogP contribution in [0.4, 0.5) is 0 Å². The van der Waals surface area contributed by atoms with Gasteiger partial charge >= 0.3 is 0 Å². The molecule has 84 valence electrons. The molecule has 0 atom stereocenters. The second kappa shape index (κ2) is 5.23. The number of aromatic nitrogens is 3. The second-order valence-electron chi connectivity index (χ2n) is 3.24. The lowest BCUT2D eigenvalue weighted by molar-refractivity contribution is 0.884. The van der Waals surface area contributed by atoms with Crippen LogP contribution < -0.4 is 5.56 Å². The van der Waals surface area contributed by atoms with Crippen LogP contribution in [0.2, 0.25) is 0 Å². The largest absolute Gasteiger partial charge is 0.329 e. The van der Waals surface area contributed by atoms with Gasteiger partial charge in [-0.2, -0.15) is 0 Å². The number of H-pyrrole nitrogens is 1. The molecule has 0 spiro atoms. The first-order valence-corrected chi connectivity index (χ1v) is 6.22. The molecule has 0 amide bonds. The highest BCUT2D eigenvalue weighted by atomic mass is 35.5. The molecular formula is C10H10ClN3OS. The highest BCUT2D eigenvalue weighted by Gasteiger charge is 2.06. The van der Waals surface area contributed by atoms with Crippen LogP contribution in [0.1, 0.15) is 11.4 Å². The molecule has 0 unspecified atom stereocenters. The molecule has 0 aliphatic rings. The van der Waals surface area contributed by atoms with Crippen molar-refractivity contribution >= 4 is 22.9 Å². The summed E-state index contributed by atoms with van der Waals surface area (Å²) >= 11 is 7.11. The maximum atomic E-state index is 11.1. The van der Waals surface area contributed by atoms with E-state index in [0.29, 0.717) is 5.88 Å². The third-order valence-electron chi connectivity index (χ3n) is 2.01. The molecule has 1 N–H and O–H groups in total. The molecule has 0 bridgehead atoms. The second-order valence-corrected chi connectivity index (χ2v) is 4.68. The first-order valence-electron chi connectivity index (χ1n) is 4.87. The van der Waals surface area contributed by atoms with Crippen molar-refractivity contribution in [1.29, 1.82) is 0 Å². The van der Waals surface area contributed by atoms with Gasteiger partial charge in [0.15, 0.2) is 0 Å². The number of halogens is 1. The lowest BCUT2D eigenvalue weighted by Gasteiger charge is -1.91. The Hall–Kier alpha value is -1.20. The van der Waals surface area contributed by atoms with Gasteiger partial charge in [-0.25, -0.2) is 0 Å². The van der Waals surface area contributed by atoms with E-state index in [9.17, 15) is 4.79 Å². The van der Waals surface area contributed by atoms with Crippen LogP contribution in [0.5, 0.6) is 0 Å². The van der Waals surface area contributed by atoms with Crippen LogP contribution >= 0.6 is 22.9 Å². The Kier molecular flexibility index (Phi) is 3.69. The predicted molar refractivity (Wildman–Crippen MR) is 65.0 cm³/mol. The topological polar surface area (TPSA) is 58.6 Å². The fourth-order valence-corrected chi connectivity index (χ4v) is 2.28. The van der Waals surface area contributed by atoms with Gasteiger partial charge in [-0.3, -0.25) is 4.79 Å². The Morgan fingerprint density at radius 1 is 1.44 bits per heavy atom. The Balaban J connectivity index is 2.21. The van der Waals surface area contributed by atoms with Crippen molar-refractivity contribution < 1.29 is 0 Å². The van der Waals surface area contributed by atoms with Crippen molar-refractivity contribution in [1.82, 2.24) is 15.2 Å². The smallest absolute Gasteiger partial charge is 0.248 e. The highest BCUT2D eigenvalue weighted by Crippen LogP contribution is 2.22. The van der Waals surface area contributed by atoms with Gasteiger partial charge in [0, 0.05) is 30.1 Å². The Bertz CT molecular complexity index is 523. The summed E-state index contributed by atoms with van der Waals surface area (Å²) in [6.07, 6.45) is 3.34. The molecule has 2 heterocycles. The minimum atomic E-state index is -0.130. The van der Waals surface area contributed by atoms with E-state index in [2.05, 4.69) is 15.2 Å². The number of nitrogens with one attached hydrogen (secondary N) is 1. The number of alkyl halides is 1. The van der Waals surface area contributed by atoms with E-state index in [1.165, 1.54) is 17.4 Å². The molecule has 0 saturated carbocycles. The fourth-order valence-electron chi connectivity index (χ4n) is 1.27. The van der Waals surface area contributed by atoms with Crippen molar-refractivity contribution in [3.63, 3.8) is 0 Å². The summed E-state index contributed by atoms with van der Waals surface area (Å²) in [6, 6.07) is 3.33. The molecule has 6 heteroatoms. The van der Waals surface area contributed by atoms with E-state index in [1.54, 1.807) is 6.20 Å². The molecule has 4 nitrogen and oxygen atoms in total. The zero-order valence-corrected chi connectivity index (χ0v) is 10.0. The van der Waals surface area contributed by atoms with Crippen molar-refractivity contribution in [2.45, 2.75) is 12.8 Å². The molecule has 0 radical (unpaired) electrons. The van der Waals surface area contributed by atoms with Gasteiger partial charge in [0.2, 0.25) is 5.56 Å². The lowest BCUT2D eigenvalue weighted by Crippen LogP contribution is -2.01. The fraction of sp³-hybridized carbons (Fsp3) is 0.300. The predicted octanol–water partition coefficient (Wildman–Crippen LogP) is 2.06. The van der Waals surface area contributed by atoms with Gasteiger partial charge < -0.3 is 4.98 Å². The van der Waals surface area contributed by atoms with E-state index >= 15 is 0 Å². The Morgan fingerprint density at radius 3 is 3.06 bits per heavy atom. The number of hydrogen-bond acceptors (Lipinski definition) is 4. The SMILES string of the molecule is O=c1cc(-c2nnc(CCCCl)s2)cc[nH]1. The molecule has 2 rings (SSSR count). The number of nitrogens with zero attached hydrogens (tertiary/aromatic N) is 2. The summed E-state index contributed by atoms with van der Waals surface area (Å²) in [5.41, 5.74) is 0.674. The van der Waals surface area contributed by atoms with E-state index in [4.69, 9.17) is 11.6 Å². The first-order chi connectivity index (χ1) is 7.79. The van der Waals surface area contributed by atoms with Crippen LogP contribution in [0.25, 0.3) is 10.6 Å². The normalized spacial score (nSPS) is 10.6. The molecule has 16 heavy (non-hydrogen) atoms. The third-order valence-corrected chi connectivity index (χ3v) is 3.31. The quantitative estimate of drug-likeness (QED) is 0.851. The zero-order chi connectivity index (χ0) is 11.4. The minimum absolute atomic E-state index is 0.130. The number of aromatic amines is 1. The van der Waals surface area contributed by atoms with Crippen LogP contribution in [0, 0.1) is 0 Å². The monoisotopic (exact) mass is 255 g/mol. The molecule has 0 aromatic carbocycles. The molecule has 0 aliphatic heterocycles. The minimum Gasteiger partial charge on any atom is -0.329 e. The number of pyridine rings is 1. The summed E-state index contributed by atoms with van der Waals surface area (Å²) in [6.45, 7) is 0. The Labute approximate surface area is 101 Å². The van der Waals surface area contributed by atoms with Gasteiger partial charge in [0.05, 0.1) is 0 Å². The van der Waals surface area contributed by atoms with E-state index in [0.717, 1.165) is 28.4 Å².